The Morgan fingerprint density at radius 1 is 1.30 bits per heavy atom. The lowest BCUT2D eigenvalue weighted by atomic mass is 10.1. The predicted octanol–water partition coefficient (Wildman–Crippen LogP) is 3.75. The standard InChI is InChI=1S/C20H19FN4O2/c1-12-10-23-20(26)18-17(24-16-5-3-4-15(21)19(16)27-2)14(11-25(12)18)13-6-8-22-9-7-13/h3-9,11-12,24H,10H2,1-2H3,(H,23,26)/t12-/m1/s1. The Hall–Kier alpha value is -3.35. The van der Waals surface area contributed by atoms with Crippen molar-refractivity contribution in [3.8, 4) is 16.9 Å². The van der Waals surface area contributed by atoms with Crippen LogP contribution in [0.25, 0.3) is 11.1 Å². The van der Waals surface area contributed by atoms with E-state index in [1.807, 2.05) is 29.8 Å². The van der Waals surface area contributed by atoms with E-state index in [1.54, 1.807) is 24.5 Å². The number of amides is 1. The minimum absolute atomic E-state index is 0.0994. The number of pyridine rings is 1. The van der Waals surface area contributed by atoms with Crippen LogP contribution in [-0.4, -0.2) is 29.1 Å². The number of methoxy groups -OCH3 is 1. The number of aromatic nitrogens is 2. The minimum atomic E-state index is -0.473. The summed E-state index contributed by atoms with van der Waals surface area (Å²) in [6, 6.07) is 8.49. The molecule has 3 aromatic rings. The highest BCUT2D eigenvalue weighted by atomic mass is 19.1. The molecule has 3 heterocycles. The number of anilines is 2. The summed E-state index contributed by atoms with van der Waals surface area (Å²) in [6.45, 7) is 2.59. The van der Waals surface area contributed by atoms with Gasteiger partial charge in [-0.25, -0.2) is 4.39 Å². The lowest BCUT2D eigenvalue weighted by Crippen LogP contribution is -2.37. The molecule has 2 N–H and O–H groups in total. The number of ether oxygens (including phenoxy) is 1. The van der Waals surface area contributed by atoms with Crippen LogP contribution < -0.4 is 15.4 Å². The number of halogens is 1. The predicted molar refractivity (Wildman–Crippen MR) is 101 cm³/mol. The van der Waals surface area contributed by atoms with Crippen molar-refractivity contribution in [1.29, 1.82) is 0 Å². The van der Waals surface area contributed by atoms with Gasteiger partial charge in [-0.3, -0.25) is 9.78 Å². The maximum atomic E-state index is 14.1. The molecular formula is C20H19FN4O2. The first-order valence-corrected chi connectivity index (χ1v) is 8.63. The molecule has 4 rings (SSSR count). The average Bonchev–Trinajstić information content (AvgIpc) is 3.06. The van der Waals surface area contributed by atoms with Crippen LogP contribution in [0.3, 0.4) is 0 Å². The first-order valence-electron chi connectivity index (χ1n) is 8.63. The van der Waals surface area contributed by atoms with Gasteiger partial charge in [-0.2, -0.15) is 0 Å². The van der Waals surface area contributed by atoms with Crippen molar-refractivity contribution < 1.29 is 13.9 Å². The molecule has 6 nitrogen and oxygen atoms in total. The molecule has 1 aliphatic rings. The van der Waals surface area contributed by atoms with Crippen LogP contribution in [0.15, 0.2) is 48.9 Å². The maximum absolute atomic E-state index is 14.1. The minimum Gasteiger partial charge on any atom is -0.492 e. The largest absolute Gasteiger partial charge is 0.492 e. The fourth-order valence-electron chi connectivity index (χ4n) is 3.35. The molecule has 1 aliphatic heterocycles. The van der Waals surface area contributed by atoms with Crippen molar-refractivity contribution in [3.63, 3.8) is 0 Å². The summed E-state index contributed by atoms with van der Waals surface area (Å²) in [5, 5.41) is 6.12. The molecule has 1 amide bonds. The quantitative estimate of drug-likeness (QED) is 0.738. The van der Waals surface area contributed by atoms with Crippen molar-refractivity contribution in [2.75, 3.05) is 19.0 Å². The van der Waals surface area contributed by atoms with Gasteiger partial charge in [0.1, 0.15) is 5.69 Å². The van der Waals surface area contributed by atoms with E-state index in [4.69, 9.17) is 4.74 Å². The van der Waals surface area contributed by atoms with Crippen molar-refractivity contribution in [3.05, 3.63) is 60.4 Å². The van der Waals surface area contributed by atoms with E-state index >= 15 is 0 Å². The Balaban J connectivity index is 1.91. The summed E-state index contributed by atoms with van der Waals surface area (Å²) in [4.78, 5) is 16.7. The first-order chi connectivity index (χ1) is 13.1. The summed E-state index contributed by atoms with van der Waals surface area (Å²) < 4.78 is 21.3. The molecule has 0 saturated heterocycles. The molecule has 1 aromatic carbocycles. The number of nitrogens with one attached hydrogen (secondary N) is 2. The Morgan fingerprint density at radius 2 is 2.07 bits per heavy atom. The SMILES string of the molecule is COc1c(F)cccc1Nc1c(-c2ccncc2)cn2c1C(=O)NC[C@H]2C. The molecule has 0 aliphatic carbocycles. The summed E-state index contributed by atoms with van der Waals surface area (Å²) in [5.74, 6) is -0.549. The Bertz CT molecular complexity index is 1000. The van der Waals surface area contributed by atoms with E-state index in [9.17, 15) is 9.18 Å². The van der Waals surface area contributed by atoms with Gasteiger partial charge in [0.25, 0.3) is 5.91 Å². The van der Waals surface area contributed by atoms with E-state index in [2.05, 4.69) is 15.6 Å². The monoisotopic (exact) mass is 366 g/mol. The molecule has 7 heteroatoms. The molecule has 1 atom stereocenters. The van der Waals surface area contributed by atoms with Gasteiger partial charge < -0.3 is 19.9 Å². The van der Waals surface area contributed by atoms with Gasteiger partial charge in [-0.05, 0) is 36.8 Å². The first kappa shape index (κ1) is 17.1. The van der Waals surface area contributed by atoms with Gasteiger partial charge in [0.15, 0.2) is 11.6 Å². The number of rotatable bonds is 4. The van der Waals surface area contributed by atoms with Crippen molar-refractivity contribution in [2.45, 2.75) is 13.0 Å². The molecule has 0 radical (unpaired) electrons. The van der Waals surface area contributed by atoms with Crippen LogP contribution in [-0.2, 0) is 0 Å². The maximum Gasteiger partial charge on any atom is 0.270 e. The zero-order chi connectivity index (χ0) is 19.0. The number of hydrogen-bond donors (Lipinski definition) is 2. The molecule has 2 aromatic heterocycles. The molecule has 0 bridgehead atoms. The Morgan fingerprint density at radius 3 is 2.81 bits per heavy atom. The van der Waals surface area contributed by atoms with Crippen LogP contribution >= 0.6 is 0 Å². The van der Waals surface area contributed by atoms with E-state index in [1.165, 1.54) is 13.2 Å². The van der Waals surface area contributed by atoms with Gasteiger partial charge in [0.05, 0.1) is 18.5 Å². The van der Waals surface area contributed by atoms with Crippen LogP contribution in [0.1, 0.15) is 23.5 Å². The van der Waals surface area contributed by atoms with Gasteiger partial charge in [0.2, 0.25) is 0 Å². The second-order valence-electron chi connectivity index (χ2n) is 6.41. The normalized spacial score (nSPS) is 15.8. The third-order valence-corrected chi connectivity index (χ3v) is 4.70. The van der Waals surface area contributed by atoms with Crippen LogP contribution in [0, 0.1) is 5.82 Å². The van der Waals surface area contributed by atoms with E-state index < -0.39 is 5.82 Å². The van der Waals surface area contributed by atoms with E-state index in [0.29, 0.717) is 23.6 Å². The highest BCUT2D eigenvalue weighted by Crippen LogP contribution is 2.40. The van der Waals surface area contributed by atoms with Gasteiger partial charge in [0, 0.05) is 36.7 Å². The van der Waals surface area contributed by atoms with Gasteiger partial charge >= 0.3 is 0 Å². The molecule has 0 unspecified atom stereocenters. The molecule has 138 valence electrons. The molecule has 0 fully saturated rings. The second-order valence-corrected chi connectivity index (χ2v) is 6.41. The van der Waals surface area contributed by atoms with Gasteiger partial charge in [-0.1, -0.05) is 6.07 Å². The average molecular weight is 366 g/mol. The summed E-state index contributed by atoms with van der Waals surface area (Å²) in [6.07, 6.45) is 5.34. The summed E-state index contributed by atoms with van der Waals surface area (Å²) >= 11 is 0. The Kier molecular flexibility index (Phi) is 4.27. The lowest BCUT2D eigenvalue weighted by molar-refractivity contribution is 0.0919. The van der Waals surface area contributed by atoms with Crippen LogP contribution in [0.2, 0.25) is 0 Å². The van der Waals surface area contributed by atoms with E-state index in [-0.39, 0.29) is 17.7 Å². The van der Waals surface area contributed by atoms with E-state index in [0.717, 1.165) is 11.1 Å². The zero-order valence-corrected chi connectivity index (χ0v) is 15.0. The molecule has 27 heavy (non-hydrogen) atoms. The number of nitrogens with zero attached hydrogens (tertiary/aromatic N) is 2. The lowest BCUT2D eigenvalue weighted by Gasteiger charge is -2.24. The number of carbonyl (C=O) groups excluding carboxylic acids is 1. The second kappa shape index (κ2) is 6.75. The highest BCUT2D eigenvalue weighted by Gasteiger charge is 2.29. The van der Waals surface area contributed by atoms with Crippen molar-refractivity contribution in [1.82, 2.24) is 14.9 Å². The number of benzene rings is 1. The summed E-state index contributed by atoms with van der Waals surface area (Å²) in [5.41, 5.74) is 3.31. The third kappa shape index (κ3) is 2.91. The fourth-order valence-corrected chi connectivity index (χ4v) is 3.35. The number of hydrogen-bond acceptors (Lipinski definition) is 4. The summed E-state index contributed by atoms with van der Waals surface area (Å²) in [7, 11) is 1.41. The third-order valence-electron chi connectivity index (χ3n) is 4.70. The smallest absolute Gasteiger partial charge is 0.270 e. The highest BCUT2D eigenvalue weighted by molar-refractivity contribution is 6.04. The fraction of sp³-hybridized carbons (Fsp3) is 0.200. The molecule has 0 saturated carbocycles. The number of para-hydroxylation sites is 1. The zero-order valence-electron chi connectivity index (χ0n) is 15.0. The number of fused-ring (bicyclic) bond motifs is 1. The van der Waals surface area contributed by atoms with Crippen molar-refractivity contribution >= 4 is 17.3 Å². The van der Waals surface area contributed by atoms with Gasteiger partial charge in [-0.15, -0.1) is 0 Å². The number of carbonyl (C=O) groups is 1. The molecular weight excluding hydrogens is 347 g/mol. The van der Waals surface area contributed by atoms with Crippen LogP contribution in [0.4, 0.5) is 15.8 Å². The Labute approximate surface area is 156 Å². The molecule has 0 spiro atoms. The van der Waals surface area contributed by atoms with Crippen molar-refractivity contribution in [2.24, 2.45) is 0 Å². The van der Waals surface area contributed by atoms with Crippen LogP contribution in [0.5, 0.6) is 5.75 Å². The topological polar surface area (TPSA) is 68.2 Å².